The van der Waals surface area contributed by atoms with Gasteiger partial charge in [-0.2, -0.15) is 0 Å². The van der Waals surface area contributed by atoms with Crippen LogP contribution in [-0.2, 0) is 4.79 Å². The number of nitrogens with one attached hydrogen (secondary N) is 2. The van der Waals surface area contributed by atoms with Crippen LogP contribution in [0.3, 0.4) is 0 Å². The molecule has 1 heterocycles. The molecule has 29 heavy (non-hydrogen) atoms. The minimum atomic E-state index is -0.337. The van der Waals surface area contributed by atoms with Gasteiger partial charge in [0.2, 0.25) is 5.91 Å². The topological polar surface area (TPSA) is 89.6 Å². The number of methoxy groups -OCH3 is 2. The molecule has 0 aliphatic rings. The molecule has 0 aliphatic carbocycles. The summed E-state index contributed by atoms with van der Waals surface area (Å²) in [6.07, 6.45) is 0. The van der Waals surface area contributed by atoms with Crippen molar-refractivity contribution in [3.8, 4) is 22.8 Å². The van der Waals surface area contributed by atoms with Gasteiger partial charge in [-0.15, -0.1) is 0 Å². The van der Waals surface area contributed by atoms with E-state index in [4.69, 9.17) is 9.47 Å². The fraction of sp³-hybridized carbons (Fsp3) is 0.227. The van der Waals surface area contributed by atoms with E-state index in [2.05, 4.69) is 15.6 Å². The Kier molecular flexibility index (Phi) is 6.29. The predicted molar refractivity (Wildman–Crippen MR) is 111 cm³/mol. The van der Waals surface area contributed by atoms with Gasteiger partial charge in [-0.1, -0.05) is 18.2 Å². The van der Waals surface area contributed by atoms with Crippen molar-refractivity contribution in [1.29, 1.82) is 0 Å². The standard InChI is InChI=1S/C22H23N3O4/c1-4-23-21(26)13-24-22(27)16-12-18(25-17-8-6-5-7-15(16)17)14-9-10-19(28-2)20(11-14)29-3/h5-12H,4,13H2,1-3H3,(H,23,26)(H,24,27). The van der Waals surface area contributed by atoms with E-state index in [1.54, 1.807) is 26.4 Å². The van der Waals surface area contributed by atoms with Crippen LogP contribution in [0.4, 0.5) is 0 Å². The highest BCUT2D eigenvalue weighted by atomic mass is 16.5. The maximum Gasteiger partial charge on any atom is 0.252 e. The average molecular weight is 393 g/mol. The Labute approximate surface area is 169 Å². The Morgan fingerprint density at radius 2 is 1.72 bits per heavy atom. The highest BCUT2D eigenvalue weighted by Gasteiger charge is 2.16. The largest absolute Gasteiger partial charge is 0.493 e. The Hall–Kier alpha value is -3.61. The van der Waals surface area contributed by atoms with Crippen molar-refractivity contribution in [2.75, 3.05) is 27.3 Å². The van der Waals surface area contributed by atoms with Crippen LogP contribution in [0.25, 0.3) is 22.2 Å². The van der Waals surface area contributed by atoms with Gasteiger partial charge in [0, 0.05) is 17.5 Å². The Morgan fingerprint density at radius 1 is 0.966 bits per heavy atom. The first-order valence-corrected chi connectivity index (χ1v) is 9.24. The number of aromatic nitrogens is 1. The number of carbonyl (C=O) groups is 2. The van der Waals surface area contributed by atoms with Gasteiger partial charge in [0.15, 0.2) is 11.5 Å². The Bertz CT molecular complexity index is 1050. The molecule has 3 rings (SSSR count). The molecule has 7 nitrogen and oxygen atoms in total. The zero-order valence-corrected chi connectivity index (χ0v) is 16.6. The van der Waals surface area contributed by atoms with Crippen molar-refractivity contribution in [1.82, 2.24) is 15.6 Å². The Balaban J connectivity index is 2.02. The molecule has 0 aliphatic heterocycles. The van der Waals surface area contributed by atoms with Crippen molar-refractivity contribution in [2.24, 2.45) is 0 Å². The summed E-state index contributed by atoms with van der Waals surface area (Å²) >= 11 is 0. The molecule has 1 aromatic heterocycles. The van der Waals surface area contributed by atoms with E-state index in [0.29, 0.717) is 40.2 Å². The number of amides is 2. The normalized spacial score (nSPS) is 10.4. The molecule has 0 saturated carbocycles. The first-order chi connectivity index (χ1) is 14.1. The molecule has 2 aromatic carbocycles. The third kappa shape index (κ3) is 4.45. The van der Waals surface area contributed by atoms with Gasteiger partial charge >= 0.3 is 0 Å². The number of rotatable bonds is 7. The molecule has 0 saturated heterocycles. The number of para-hydroxylation sites is 1. The lowest BCUT2D eigenvalue weighted by atomic mass is 10.0. The summed E-state index contributed by atoms with van der Waals surface area (Å²) in [6.45, 7) is 2.25. The molecule has 2 amide bonds. The second-order valence-electron chi connectivity index (χ2n) is 6.28. The van der Waals surface area contributed by atoms with E-state index in [-0.39, 0.29) is 18.4 Å². The molecular formula is C22H23N3O4. The van der Waals surface area contributed by atoms with E-state index >= 15 is 0 Å². The highest BCUT2D eigenvalue weighted by Crippen LogP contribution is 2.33. The van der Waals surface area contributed by atoms with E-state index in [1.165, 1.54) is 0 Å². The molecule has 150 valence electrons. The van der Waals surface area contributed by atoms with Crippen LogP contribution in [0.1, 0.15) is 17.3 Å². The summed E-state index contributed by atoms with van der Waals surface area (Å²) in [5, 5.41) is 6.04. The maximum absolute atomic E-state index is 12.8. The third-order valence-electron chi connectivity index (χ3n) is 4.42. The lowest BCUT2D eigenvalue weighted by molar-refractivity contribution is -0.120. The van der Waals surface area contributed by atoms with Gasteiger partial charge in [0.1, 0.15) is 0 Å². The van der Waals surface area contributed by atoms with Crippen LogP contribution < -0.4 is 20.1 Å². The molecule has 0 fully saturated rings. The second kappa shape index (κ2) is 9.05. The molecule has 0 atom stereocenters. The fourth-order valence-corrected chi connectivity index (χ4v) is 3.02. The number of ether oxygens (including phenoxy) is 2. The van der Waals surface area contributed by atoms with E-state index in [1.807, 2.05) is 43.3 Å². The number of nitrogens with zero attached hydrogens (tertiary/aromatic N) is 1. The summed E-state index contributed by atoms with van der Waals surface area (Å²) in [5.41, 5.74) is 2.53. The van der Waals surface area contributed by atoms with Crippen LogP contribution in [0.2, 0.25) is 0 Å². The number of carbonyl (C=O) groups excluding carboxylic acids is 2. The van der Waals surface area contributed by atoms with Crippen LogP contribution in [0, 0.1) is 0 Å². The number of pyridine rings is 1. The molecule has 0 radical (unpaired) electrons. The number of fused-ring (bicyclic) bond motifs is 1. The fourth-order valence-electron chi connectivity index (χ4n) is 3.02. The quantitative estimate of drug-likeness (QED) is 0.644. The minimum absolute atomic E-state index is 0.0883. The predicted octanol–water partition coefficient (Wildman–Crippen LogP) is 2.78. The lowest BCUT2D eigenvalue weighted by Crippen LogP contribution is -2.36. The van der Waals surface area contributed by atoms with E-state index in [9.17, 15) is 9.59 Å². The first kappa shape index (κ1) is 20.1. The first-order valence-electron chi connectivity index (χ1n) is 9.24. The zero-order valence-electron chi connectivity index (χ0n) is 16.6. The van der Waals surface area contributed by atoms with Crippen molar-refractivity contribution in [3.63, 3.8) is 0 Å². The number of hydrogen-bond acceptors (Lipinski definition) is 5. The summed E-state index contributed by atoms with van der Waals surface area (Å²) in [7, 11) is 3.14. The zero-order chi connectivity index (χ0) is 20.8. The third-order valence-corrected chi connectivity index (χ3v) is 4.42. The summed E-state index contributed by atoms with van der Waals surface area (Å²) in [6, 6.07) is 14.6. The number of benzene rings is 2. The average Bonchev–Trinajstić information content (AvgIpc) is 2.76. The smallest absolute Gasteiger partial charge is 0.252 e. The lowest BCUT2D eigenvalue weighted by Gasteiger charge is -2.12. The molecule has 7 heteroatoms. The van der Waals surface area contributed by atoms with Gasteiger partial charge in [-0.25, -0.2) is 4.98 Å². The number of likely N-dealkylation sites (N-methyl/N-ethyl adjacent to an activating group) is 1. The van der Waals surface area contributed by atoms with E-state index < -0.39 is 0 Å². The molecular weight excluding hydrogens is 370 g/mol. The van der Waals surface area contributed by atoms with E-state index in [0.717, 1.165) is 5.56 Å². The summed E-state index contributed by atoms with van der Waals surface area (Å²) < 4.78 is 10.7. The molecule has 0 bridgehead atoms. The monoisotopic (exact) mass is 393 g/mol. The Morgan fingerprint density at radius 3 is 2.45 bits per heavy atom. The minimum Gasteiger partial charge on any atom is -0.493 e. The van der Waals surface area contributed by atoms with Crippen LogP contribution >= 0.6 is 0 Å². The molecule has 0 unspecified atom stereocenters. The van der Waals surface area contributed by atoms with Gasteiger partial charge in [-0.05, 0) is 37.3 Å². The second-order valence-corrected chi connectivity index (χ2v) is 6.28. The van der Waals surface area contributed by atoms with Crippen LogP contribution in [-0.4, -0.2) is 44.1 Å². The maximum atomic E-state index is 12.8. The molecule has 2 N–H and O–H groups in total. The van der Waals surface area contributed by atoms with Gasteiger partial charge in [-0.3, -0.25) is 9.59 Å². The van der Waals surface area contributed by atoms with Gasteiger partial charge in [0.25, 0.3) is 5.91 Å². The summed E-state index contributed by atoms with van der Waals surface area (Å²) in [5.74, 6) is 0.607. The van der Waals surface area contributed by atoms with Crippen molar-refractivity contribution < 1.29 is 19.1 Å². The van der Waals surface area contributed by atoms with Crippen molar-refractivity contribution in [3.05, 3.63) is 54.1 Å². The molecule has 3 aromatic rings. The highest BCUT2D eigenvalue weighted by molar-refractivity contribution is 6.08. The molecule has 0 spiro atoms. The van der Waals surface area contributed by atoms with Crippen molar-refractivity contribution in [2.45, 2.75) is 6.92 Å². The van der Waals surface area contributed by atoms with Crippen LogP contribution in [0.5, 0.6) is 11.5 Å². The van der Waals surface area contributed by atoms with Crippen LogP contribution in [0.15, 0.2) is 48.5 Å². The summed E-state index contributed by atoms with van der Waals surface area (Å²) in [4.78, 5) is 29.2. The van der Waals surface area contributed by atoms with Crippen molar-refractivity contribution >= 4 is 22.7 Å². The number of hydrogen-bond donors (Lipinski definition) is 2. The van der Waals surface area contributed by atoms with Gasteiger partial charge < -0.3 is 20.1 Å². The van der Waals surface area contributed by atoms with Gasteiger partial charge in [0.05, 0.1) is 37.5 Å². The SMILES string of the molecule is CCNC(=O)CNC(=O)c1cc(-c2ccc(OC)c(OC)c2)nc2ccccc12.